The second kappa shape index (κ2) is 7.47. The number of carbonyl (C=O) groups is 1. The second-order valence-electron chi connectivity index (χ2n) is 5.64. The molecule has 1 aromatic rings. The van der Waals surface area contributed by atoms with Crippen molar-refractivity contribution in [3.63, 3.8) is 0 Å². The summed E-state index contributed by atoms with van der Waals surface area (Å²) in [5.74, 6) is -0.616. The number of allylic oxidation sites excluding steroid dienone is 3. The highest BCUT2D eigenvalue weighted by Crippen LogP contribution is 2.41. The van der Waals surface area contributed by atoms with Gasteiger partial charge in [0.2, 0.25) is 0 Å². The second-order valence-corrected chi connectivity index (χ2v) is 6.87. The van der Waals surface area contributed by atoms with E-state index in [-0.39, 0.29) is 5.56 Å². The average Bonchev–Trinajstić information content (AvgIpc) is 2.78. The van der Waals surface area contributed by atoms with E-state index in [1.807, 2.05) is 18.7 Å². The molecule has 1 aliphatic rings. The number of hydrogen-bond acceptors (Lipinski definition) is 3. The van der Waals surface area contributed by atoms with Crippen molar-refractivity contribution in [3.8, 4) is 0 Å². The normalized spacial score (nSPS) is 17.1. The summed E-state index contributed by atoms with van der Waals surface area (Å²) < 4.78 is 39.3. The van der Waals surface area contributed by atoms with Crippen molar-refractivity contribution < 1.29 is 18.0 Å². The van der Waals surface area contributed by atoms with Crippen LogP contribution in [0.15, 0.2) is 46.0 Å². The van der Waals surface area contributed by atoms with E-state index in [0.29, 0.717) is 5.03 Å². The van der Waals surface area contributed by atoms with Crippen molar-refractivity contribution in [3.05, 3.63) is 57.1 Å². The first kappa shape index (κ1) is 18.6. The molecular formula is C18H20F3NOS. The molecule has 1 aliphatic heterocycles. The molecule has 0 atom stereocenters. The minimum atomic E-state index is -4.54. The van der Waals surface area contributed by atoms with Crippen molar-refractivity contribution >= 4 is 17.5 Å². The fraction of sp³-hybridized carbons (Fsp3) is 0.389. The largest absolute Gasteiger partial charge is 0.417 e. The van der Waals surface area contributed by atoms with Gasteiger partial charge in [-0.05, 0) is 26.3 Å². The Balaban J connectivity index is 2.33. The van der Waals surface area contributed by atoms with E-state index in [4.69, 9.17) is 0 Å². The molecule has 130 valence electrons. The summed E-state index contributed by atoms with van der Waals surface area (Å²) in [6, 6.07) is 4.91. The molecule has 0 spiro atoms. The lowest BCUT2D eigenvalue weighted by Crippen LogP contribution is -2.19. The van der Waals surface area contributed by atoms with E-state index in [1.54, 1.807) is 0 Å². The fourth-order valence-electron chi connectivity index (χ4n) is 2.48. The minimum Gasteiger partial charge on any atom is -0.339 e. The Kier molecular flexibility index (Phi) is 5.80. The van der Waals surface area contributed by atoms with Gasteiger partial charge in [-0.3, -0.25) is 4.79 Å². The van der Waals surface area contributed by atoms with E-state index in [1.165, 1.54) is 36.0 Å². The maximum atomic E-state index is 13.1. The first-order valence-corrected chi connectivity index (χ1v) is 8.62. The molecule has 0 radical (unpaired) electrons. The Morgan fingerprint density at radius 1 is 1.25 bits per heavy atom. The van der Waals surface area contributed by atoms with E-state index in [0.717, 1.165) is 36.1 Å². The predicted octanol–water partition coefficient (Wildman–Crippen LogP) is 5.83. The van der Waals surface area contributed by atoms with Crippen molar-refractivity contribution in [2.75, 3.05) is 6.54 Å². The van der Waals surface area contributed by atoms with Gasteiger partial charge in [-0.2, -0.15) is 13.2 Å². The highest BCUT2D eigenvalue weighted by Gasteiger charge is 2.34. The molecule has 0 unspecified atom stereocenters. The van der Waals surface area contributed by atoms with E-state index >= 15 is 0 Å². The van der Waals surface area contributed by atoms with Gasteiger partial charge < -0.3 is 4.90 Å². The standard InChI is InChI=1S/C18H20F3NOS/c1-4-5-10-22-12(2)13(3)24-17(22)11-16(23)14-8-6-7-9-15(14)18(19,20)21/h6-9,11H,4-5,10H2,1-3H3. The summed E-state index contributed by atoms with van der Waals surface area (Å²) in [6.45, 7) is 6.75. The smallest absolute Gasteiger partial charge is 0.339 e. The fourth-order valence-corrected chi connectivity index (χ4v) is 3.55. The molecule has 1 aromatic carbocycles. The molecule has 1 heterocycles. The summed E-state index contributed by atoms with van der Waals surface area (Å²) in [4.78, 5) is 15.5. The van der Waals surface area contributed by atoms with Gasteiger partial charge in [0.15, 0.2) is 5.78 Å². The van der Waals surface area contributed by atoms with E-state index in [9.17, 15) is 18.0 Å². The van der Waals surface area contributed by atoms with Crippen LogP contribution in [0.5, 0.6) is 0 Å². The van der Waals surface area contributed by atoms with Gasteiger partial charge in [0.25, 0.3) is 0 Å². The van der Waals surface area contributed by atoms with Gasteiger partial charge in [0.1, 0.15) is 0 Å². The maximum absolute atomic E-state index is 13.1. The Labute approximate surface area is 144 Å². The van der Waals surface area contributed by atoms with Crippen LogP contribution < -0.4 is 0 Å². The lowest BCUT2D eigenvalue weighted by Gasteiger charge is -2.21. The van der Waals surface area contributed by atoms with Gasteiger partial charge in [-0.25, -0.2) is 0 Å². The van der Waals surface area contributed by atoms with Crippen LogP contribution in [0.2, 0.25) is 0 Å². The molecule has 0 saturated heterocycles. The molecule has 0 aromatic heterocycles. The van der Waals surface area contributed by atoms with Crippen LogP contribution in [0, 0.1) is 0 Å². The Bertz CT molecular complexity index is 692. The minimum absolute atomic E-state index is 0.309. The number of thioether (sulfide) groups is 1. The zero-order chi connectivity index (χ0) is 17.9. The SMILES string of the molecule is CCCCN1C(=CC(=O)c2ccccc2C(F)(F)F)SC(C)=C1C. The zero-order valence-corrected chi connectivity index (χ0v) is 14.7. The zero-order valence-electron chi connectivity index (χ0n) is 13.9. The molecule has 0 amide bonds. The summed E-state index contributed by atoms with van der Waals surface area (Å²) in [5, 5.41) is 0.695. The Morgan fingerprint density at radius 3 is 2.54 bits per heavy atom. The van der Waals surface area contributed by atoms with Crippen molar-refractivity contribution in [1.29, 1.82) is 0 Å². The maximum Gasteiger partial charge on any atom is 0.417 e. The number of carbonyl (C=O) groups excluding carboxylic acids is 1. The molecule has 0 aliphatic carbocycles. The molecule has 0 saturated carbocycles. The lowest BCUT2D eigenvalue weighted by molar-refractivity contribution is -0.137. The third kappa shape index (κ3) is 4.04. The molecular weight excluding hydrogens is 335 g/mol. The van der Waals surface area contributed by atoms with Crippen LogP contribution in [0.1, 0.15) is 49.5 Å². The monoisotopic (exact) mass is 355 g/mol. The molecule has 0 bridgehead atoms. The number of alkyl halides is 3. The Morgan fingerprint density at radius 2 is 1.92 bits per heavy atom. The quantitative estimate of drug-likeness (QED) is 0.489. The van der Waals surface area contributed by atoms with Gasteiger partial charge >= 0.3 is 6.18 Å². The van der Waals surface area contributed by atoms with Gasteiger partial charge in [0.05, 0.1) is 10.6 Å². The van der Waals surface area contributed by atoms with Crippen molar-refractivity contribution in [1.82, 2.24) is 4.90 Å². The molecule has 0 fully saturated rings. The number of benzene rings is 1. The summed E-state index contributed by atoms with van der Waals surface area (Å²) in [5.41, 5.74) is -0.149. The number of hydrogen-bond donors (Lipinski definition) is 0. The van der Waals surface area contributed by atoms with Crippen LogP contribution >= 0.6 is 11.8 Å². The highest BCUT2D eigenvalue weighted by molar-refractivity contribution is 8.06. The van der Waals surface area contributed by atoms with Crippen molar-refractivity contribution in [2.45, 2.75) is 39.8 Å². The Hall–Kier alpha value is -1.69. The molecule has 2 rings (SSSR count). The van der Waals surface area contributed by atoms with Crippen LogP contribution in [0.25, 0.3) is 0 Å². The van der Waals surface area contributed by atoms with E-state index < -0.39 is 17.5 Å². The number of halogens is 3. The van der Waals surface area contributed by atoms with Crippen LogP contribution in [-0.4, -0.2) is 17.2 Å². The first-order chi connectivity index (χ1) is 11.3. The molecule has 2 nitrogen and oxygen atoms in total. The van der Waals surface area contributed by atoms with Crippen LogP contribution in [0.3, 0.4) is 0 Å². The summed E-state index contributed by atoms with van der Waals surface area (Å²) in [7, 11) is 0. The third-order valence-corrected chi connectivity index (χ3v) is 5.07. The van der Waals surface area contributed by atoms with Gasteiger partial charge in [-0.15, -0.1) is 0 Å². The number of rotatable bonds is 5. The van der Waals surface area contributed by atoms with E-state index in [2.05, 4.69) is 6.92 Å². The number of unbranched alkanes of at least 4 members (excludes halogenated alkanes) is 1. The predicted molar refractivity (Wildman–Crippen MR) is 91.4 cm³/mol. The molecule has 24 heavy (non-hydrogen) atoms. The third-order valence-electron chi connectivity index (χ3n) is 3.93. The summed E-state index contributed by atoms with van der Waals surface area (Å²) in [6.07, 6.45) is -1.26. The highest BCUT2D eigenvalue weighted by atomic mass is 32.2. The number of nitrogens with zero attached hydrogens (tertiary/aromatic N) is 1. The topological polar surface area (TPSA) is 20.3 Å². The average molecular weight is 355 g/mol. The van der Waals surface area contributed by atoms with Crippen molar-refractivity contribution in [2.24, 2.45) is 0 Å². The summed E-state index contributed by atoms with van der Waals surface area (Å²) >= 11 is 1.43. The van der Waals surface area contributed by atoms with Gasteiger partial charge in [0, 0.05) is 28.8 Å². The lowest BCUT2D eigenvalue weighted by atomic mass is 10.0. The number of ketones is 1. The van der Waals surface area contributed by atoms with Crippen LogP contribution in [-0.2, 0) is 6.18 Å². The molecule has 6 heteroatoms. The van der Waals surface area contributed by atoms with Gasteiger partial charge in [-0.1, -0.05) is 43.3 Å². The van der Waals surface area contributed by atoms with Crippen LogP contribution in [0.4, 0.5) is 13.2 Å². The first-order valence-electron chi connectivity index (χ1n) is 7.80. The molecule has 0 N–H and O–H groups in total.